The smallest absolute Gasteiger partial charge is 0.244 e. The van der Waals surface area contributed by atoms with E-state index in [-0.39, 0.29) is 17.2 Å². The Kier molecular flexibility index (Phi) is 4.82. The molecule has 3 heterocycles. The highest BCUT2D eigenvalue weighted by molar-refractivity contribution is 7.12. The maximum atomic E-state index is 13.5. The van der Waals surface area contributed by atoms with Crippen LogP contribution < -0.4 is 10.6 Å². The molecule has 7 heteroatoms. The number of nitrogens with zero attached hydrogens (tertiary/aromatic N) is 2. The second-order valence-electron chi connectivity index (χ2n) is 6.23. The van der Waals surface area contributed by atoms with E-state index in [9.17, 15) is 14.9 Å². The molecule has 3 aromatic rings. The molecule has 2 atom stereocenters. The molecule has 0 saturated heterocycles. The van der Waals surface area contributed by atoms with Crippen molar-refractivity contribution in [3.05, 3.63) is 86.5 Å². The van der Waals surface area contributed by atoms with E-state index < -0.39 is 17.7 Å². The van der Waals surface area contributed by atoms with Crippen LogP contribution in [0.3, 0.4) is 0 Å². The maximum absolute atomic E-state index is 13.5. The quantitative estimate of drug-likeness (QED) is 0.522. The fourth-order valence-corrected chi connectivity index (χ4v) is 5.00. The van der Waals surface area contributed by atoms with Crippen molar-refractivity contribution >= 4 is 40.1 Å². The van der Waals surface area contributed by atoms with Gasteiger partial charge in [0, 0.05) is 4.88 Å². The van der Waals surface area contributed by atoms with Gasteiger partial charge in [-0.15, -0.1) is 22.7 Å². The first-order valence-electron chi connectivity index (χ1n) is 8.53. The maximum Gasteiger partial charge on any atom is 0.244 e. The van der Waals surface area contributed by atoms with Crippen molar-refractivity contribution in [2.24, 2.45) is 11.7 Å². The Morgan fingerprint density at radius 3 is 2.36 bits per heavy atom. The highest BCUT2D eigenvalue weighted by Crippen LogP contribution is 2.43. The molecular formula is C21H15N3O2S2. The third-order valence-electron chi connectivity index (χ3n) is 4.68. The number of rotatable bonds is 4. The first-order valence-corrected chi connectivity index (χ1v) is 10.3. The molecule has 5 nitrogen and oxygen atoms in total. The van der Waals surface area contributed by atoms with Gasteiger partial charge in [-0.05, 0) is 35.0 Å². The lowest BCUT2D eigenvalue weighted by atomic mass is 9.78. The van der Waals surface area contributed by atoms with E-state index in [0.29, 0.717) is 10.6 Å². The molecule has 0 spiro atoms. The van der Waals surface area contributed by atoms with Crippen LogP contribution >= 0.6 is 22.7 Å². The Balaban J connectivity index is 1.93. The molecule has 1 aliphatic heterocycles. The van der Waals surface area contributed by atoms with Crippen molar-refractivity contribution < 1.29 is 9.59 Å². The lowest BCUT2D eigenvalue weighted by Gasteiger charge is -2.36. The molecule has 1 amide bonds. The van der Waals surface area contributed by atoms with Crippen molar-refractivity contribution in [3.63, 3.8) is 0 Å². The topological polar surface area (TPSA) is 87.2 Å². The highest BCUT2D eigenvalue weighted by Gasteiger charge is 2.47. The van der Waals surface area contributed by atoms with Crippen LogP contribution in [0, 0.1) is 17.2 Å². The van der Waals surface area contributed by atoms with E-state index in [1.807, 2.05) is 23.6 Å². The minimum atomic E-state index is -1.04. The van der Waals surface area contributed by atoms with E-state index in [2.05, 4.69) is 6.07 Å². The van der Waals surface area contributed by atoms with Gasteiger partial charge < -0.3 is 5.73 Å². The Hall–Kier alpha value is -3.21. The van der Waals surface area contributed by atoms with Gasteiger partial charge in [-0.25, -0.2) is 0 Å². The minimum Gasteiger partial charge on any atom is -0.384 e. The van der Waals surface area contributed by atoms with E-state index in [1.54, 1.807) is 41.8 Å². The van der Waals surface area contributed by atoms with Gasteiger partial charge in [0.2, 0.25) is 5.91 Å². The number of nitriles is 1. The van der Waals surface area contributed by atoms with Gasteiger partial charge in [0.1, 0.15) is 11.7 Å². The zero-order valence-electron chi connectivity index (χ0n) is 14.6. The van der Waals surface area contributed by atoms with Crippen LogP contribution in [0.5, 0.6) is 0 Å². The summed E-state index contributed by atoms with van der Waals surface area (Å²) in [6.45, 7) is 0. The Morgan fingerprint density at radius 1 is 1.04 bits per heavy atom. The molecule has 2 N–H and O–H groups in total. The third kappa shape index (κ3) is 2.93. The van der Waals surface area contributed by atoms with Crippen molar-refractivity contribution in [1.29, 1.82) is 5.26 Å². The highest BCUT2D eigenvalue weighted by atomic mass is 32.1. The number of ketones is 1. The number of carbonyl (C=O) groups excluding carboxylic acids is 2. The largest absolute Gasteiger partial charge is 0.384 e. The normalized spacial score (nSPS) is 19.5. The molecule has 138 valence electrons. The number of nitrogens with two attached hydrogens (primary N) is 1. The van der Waals surface area contributed by atoms with Crippen molar-refractivity contribution in [3.8, 4) is 6.07 Å². The number of amides is 1. The van der Waals surface area contributed by atoms with Crippen LogP contribution in [0.1, 0.15) is 20.5 Å². The summed E-state index contributed by atoms with van der Waals surface area (Å²) in [7, 11) is 0. The predicted molar refractivity (Wildman–Crippen MR) is 110 cm³/mol. The van der Waals surface area contributed by atoms with Gasteiger partial charge in [-0.1, -0.05) is 30.3 Å². The number of Topliss-reactive ketones (excluding diaryl/α,β-unsaturated/α-hetero) is 1. The van der Waals surface area contributed by atoms with Gasteiger partial charge in [-0.2, -0.15) is 5.26 Å². The summed E-state index contributed by atoms with van der Waals surface area (Å²) in [5.41, 5.74) is 7.06. The number of thiophene rings is 2. The van der Waals surface area contributed by atoms with Gasteiger partial charge in [0.05, 0.1) is 28.1 Å². The number of hydrogen-bond acceptors (Lipinski definition) is 6. The Bertz CT molecular complexity index is 1080. The summed E-state index contributed by atoms with van der Waals surface area (Å²) < 4.78 is 0. The summed E-state index contributed by atoms with van der Waals surface area (Å²) in [4.78, 5) is 29.4. The fourth-order valence-electron chi connectivity index (χ4n) is 3.43. The fraction of sp³-hybridized carbons (Fsp3) is 0.0952. The summed E-state index contributed by atoms with van der Waals surface area (Å²) in [6, 6.07) is 18.2. The molecule has 1 aromatic carbocycles. The summed E-state index contributed by atoms with van der Waals surface area (Å²) >= 11 is 2.69. The number of benzene rings is 1. The Morgan fingerprint density at radius 2 is 1.75 bits per heavy atom. The monoisotopic (exact) mass is 405 g/mol. The Labute approximate surface area is 170 Å². The van der Waals surface area contributed by atoms with Crippen LogP contribution in [0.4, 0.5) is 5.69 Å². The third-order valence-corrected chi connectivity index (χ3v) is 6.52. The molecule has 2 aromatic heterocycles. The van der Waals surface area contributed by atoms with Crippen LogP contribution in [0.15, 0.2) is 76.8 Å². The molecule has 2 unspecified atom stereocenters. The van der Waals surface area contributed by atoms with Gasteiger partial charge in [-0.3, -0.25) is 14.5 Å². The van der Waals surface area contributed by atoms with E-state index in [1.165, 1.54) is 27.6 Å². The summed E-state index contributed by atoms with van der Waals surface area (Å²) in [6.07, 6.45) is 0. The molecule has 4 rings (SSSR count). The molecule has 28 heavy (non-hydrogen) atoms. The van der Waals surface area contributed by atoms with Crippen molar-refractivity contribution in [2.75, 3.05) is 4.90 Å². The van der Waals surface area contributed by atoms with Crippen molar-refractivity contribution in [2.45, 2.75) is 5.92 Å². The number of anilines is 1. The zero-order valence-corrected chi connectivity index (χ0v) is 16.2. The van der Waals surface area contributed by atoms with Gasteiger partial charge >= 0.3 is 0 Å². The lowest BCUT2D eigenvalue weighted by molar-refractivity contribution is -0.121. The lowest BCUT2D eigenvalue weighted by Crippen LogP contribution is -2.49. The standard InChI is InChI=1S/C21H15N3O2S2/c22-12-14-17(15-8-4-10-27-15)18(19(25)16-9-5-11-28-16)21(26)24(20(14)23)13-6-2-1-3-7-13/h1-11,17-18H,23H2. The average Bonchev–Trinajstić information content (AvgIpc) is 3.42. The van der Waals surface area contributed by atoms with Gasteiger partial charge in [0.15, 0.2) is 5.78 Å². The van der Waals surface area contributed by atoms with Crippen molar-refractivity contribution in [1.82, 2.24) is 0 Å². The van der Waals surface area contributed by atoms with Crippen LogP contribution in [-0.4, -0.2) is 11.7 Å². The van der Waals surface area contributed by atoms with Crippen LogP contribution in [0.25, 0.3) is 0 Å². The van der Waals surface area contributed by atoms with E-state index in [4.69, 9.17) is 5.73 Å². The van der Waals surface area contributed by atoms with Gasteiger partial charge in [0.25, 0.3) is 0 Å². The first-order chi connectivity index (χ1) is 13.6. The number of hydrogen-bond donors (Lipinski definition) is 1. The number of allylic oxidation sites excluding steroid dienone is 1. The predicted octanol–water partition coefficient (Wildman–Crippen LogP) is 4.13. The molecule has 0 radical (unpaired) electrons. The van der Waals surface area contributed by atoms with E-state index >= 15 is 0 Å². The molecule has 0 aliphatic carbocycles. The molecule has 1 aliphatic rings. The van der Waals surface area contributed by atoms with Crippen LogP contribution in [-0.2, 0) is 4.79 Å². The number of carbonyl (C=O) groups is 2. The molecule has 0 saturated carbocycles. The summed E-state index contributed by atoms with van der Waals surface area (Å²) in [5.74, 6) is -2.36. The summed E-state index contributed by atoms with van der Waals surface area (Å²) in [5, 5.41) is 13.5. The second kappa shape index (κ2) is 7.43. The zero-order chi connectivity index (χ0) is 19.7. The average molecular weight is 406 g/mol. The minimum absolute atomic E-state index is 0.0762. The molecule has 0 fully saturated rings. The van der Waals surface area contributed by atoms with Crippen LogP contribution in [0.2, 0.25) is 0 Å². The second-order valence-corrected chi connectivity index (χ2v) is 8.16. The molecule has 0 bridgehead atoms. The molecular weight excluding hydrogens is 390 g/mol. The first kappa shape index (κ1) is 18.2. The number of para-hydroxylation sites is 1. The van der Waals surface area contributed by atoms with E-state index in [0.717, 1.165) is 4.88 Å². The SMILES string of the molecule is N#CC1=C(N)N(c2ccccc2)C(=O)C(C(=O)c2cccs2)C1c1cccs1.